The van der Waals surface area contributed by atoms with Crippen LogP contribution in [-0.2, 0) is 5.75 Å². The summed E-state index contributed by atoms with van der Waals surface area (Å²) >= 11 is 11.0. The Morgan fingerprint density at radius 1 is 1.08 bits per heavy atom. The van der Waals surface area contributed by atoms with Crippen LogP contribution >= 0.6 is 39.3 Å². The monoisotopic (exact) mass is 447 g/mol. The van der Waals surface area contributed by atoms with Gasteiger partial charge in [-0.05, 0) is 24.3 Å². The van der Waals surface area contributed by atoms with Gasteiger partial charge in [0.15, 0.2) is 5.82 Å². The van der Waals surface area contributed by atoms with E-state index in [1.165, 1.54) is 11.8 Å². The summed E-state index contributed by atoms with van der Waals surface area (Å²) in [6, 6.07) is 15.2. The molecule has 130 valence electrons. The smallest absolute Gasteiger partial charge is 0.249 e. The van der Waals surface area contributed by atoms with Crippen LogP contribution in [0.2, 0.25) is 5.02 Å². The standard InChI is InChI=1S/C17H11BrClN5OS/c18-11-7-5-10(6-8-11)15-20-17(24-22-15)26-9-14-21-23-16(25-14)12-3-1-2-4-13(12)19/h1-8H,9H2,(H,20,22,24). The first-order valence-corrected chi connectivity index (χ1v) is 9.73. The van der Waals surface area contributed by atoms with Crippen molar-refractivity contribution >= 4 is 39.3 Å². The number of thioether (sulfide) groups is 1. The predicted octanol–water partition coefficient (Wildman–Crippen LogP) is 5.23. The van der Waals surface area contributed by atoms with Gasteiger partial charge < -0.3 is 4.42 Å². The first-order chi connectivity index (χ1) is 12.7. The average molecular weight is 449 g/mol. The fraction of sp³-hybridized carbons (Fsp3) is 0.0588. The number of halogens is 2. The molecular weight excluding hydrogens is 438 g/mol. The molecule has 4 rings (SSSR count). The van der Waals surface area contributed by atoms with Crippen LogP contribution in [0, 0.1) is 0 Å². The summed E-state index contributed by atoms with van der Waals surface area (Å²) in [4.78, 5) is 4.47. The van der Waals surface area contributed by atoms with Crippen molar-refractivity contribution in [2.24, 2.45) is 0 Å². The van der Waals surface area contributed by atoms with Gasteiger partial charge in [-0.25, -0.2) is 4.98 Å². The Balaban J connectivity index is 1.44. The van der Waals surface area contributed by atoms with E-state index in [1.807, 2.05) is 42.5 Å². The first-order valence-electron chi connectivity index (χ1n) is 7.57. The van der Waals surface area contributed by atoms with Gasteiger partial charge in [0.05, 0.1) is 16.3 Å². The second kappa shape index (κ2) is 7.61. The molecule has 2 heterocycles. The highest BCUT2D eigenvalue weighted by Crippen LogP contribution is 2.28. The molecule has 6 nitrogen and oxygen atoms in total. The van der Waals surface area contributed by atoms with Gasteiger partial charge >= 0.3 is 0 Å². The number of hydrogen-bond donors (Lipinski definition) is 1. The first kappa shape index (κ1) is 17.3. The molecule has 4 aromatic rings. The molecule has 0 atom stereocenters. The van der Waals surface area contributed by atoms with Crippen molar-refractivity contribution in [3.8, 4) is 22.8 Å². The highest BCUT2D eigenvalue weighted by molar-refractivity contribution is 9.10. The molecule has 0 bridgehead atoms. The molecule has 0 saturated heterocycles. The van der Waals surface area contributed by atoms with E-state index in [0.29, 0.717) is 39.1 Å². The van der Waals surface area contributed by atoms with Gasteiger partial charge in [0.2, 0.25) is 16.9 Å². The molecule has 0 radical (unpaired) electrons. The lowest BCUT2D eigenvalue weighted by molar-refractivity contribution is 0.528. The zero-order valence-corrected chi connectivity index (χ0v) is 16.3. The third kappa shape index (κ3) is 3.82. The molecular formula is C17H11BrClN5OS. The van der Waals surface area contributed by atoms with Crippen LogP contribution in [-0.4, -0.2) is 25.4 Å². The van der Waals surface area contributed by atoms with Crippen LogP contribution in [0.5, 0.6) is 0 Å². The minimum absolute atomic E-state index is 0.400. The number of nitrogens with one attached hydrogen (secondary N) is 1. The molecule has 0 amide bonds. The largest absolute Gasteiger partial charge is 0.420 e. The van der Waals surface area contributed by atoms with Gasteiger partial charge in [0.25, 0.3) is 0 Å². The number of aromatic nitrogens is 5. The van der Waals surface area contributed by atoms with Crippen molar-refractivity contribution < 1.29 is 4.42 Å². The topological polar surface area (TPSA) is 80.5 Å². The Morgan fingerprint density at radius 3 is 2.69 bits per heavy atom. The van der Waals surface area contributed by atoms with E-state index in [-0.39, 0.29) is 0 Å². The Labute approximate surface area is 166 Å². The summed E-state index contributed by atoms with van der Waals surface area (Å²) in [5, 5.41) is 16.4. The average Bonchev–Trinajstić information content (AvgIpc) is 3.30. The second-order valence-corrected chi connectivity index (χ2v) is 7.51. The molecule has 0 unspecified atom stereocenters. The van der Waals surface area contributed by atoms with Crippen LogP contribution in [0.4, 0.5) is 0 Å². The minimum Gasteiger partial charge on any atom is -0.420 e. The van der Waals surface area contributed by atoms with Gasteiger partial charge in [-0.15, -0.1) is 15.3 Å². The Morgan fingerprint density at radius 2 is 1.88 bits per heavy atom. The number of H-pyrrole nitrogens is 1. The van der Waals surface area contributed by atoms with Gasteiger partial charge in [0.1, 0.15) is 0 Å². The van der Waals surface area contributed by atoms with Crippen LogP contribution in [0.3, 0.4) is 0 Å². The van der Waals surface area contributed by atoms with Crippen LogP contribution in [0.1, 0.15) is 5.89 Å². The Kier molecular flexibility index (Phi) is 5.05. The van der Waals surface area contributed by atoms with Crippen LogP contribution < -0.4 is 0 Å². The van der Waals surface area contributed by atoms with Gasteiger partial charge in [-0.1, -0.05) is 63.6 Å². The summed E-state index contributed by atoms with van der Waals surface area (Å²) < 4.78 is 6.69. The molecule has 9 heteroatoms. The maximum absolute atomic E-state index is 6.15. The Bertz CT molecular complexity index is 1030. The number of rotatable bonds is 5. The van der Waals surface area contributed by atoms with Crippen molar-refractivity contribution in [1.29, 1.82) is 0 Å². The van der Waals surface area contributed by atoms with Crippen LogP contribution in [0.15, 0.2) is 62.6 Å². The number of benzene rings is 2. The van der Waals surface area contributed by atoms with E-state index in [9.17, 15) is 0 Å². The molecule has 0 saturated carbocycles. The van der Waals surface area contributed by atoms with Gasteiger partial charge in [-0.3, -0.25) is 5.10 Å². The number of nitrogens with zero attached hydrogens (tertiary/aromatic N) is 4. The van der Waals surface area contributed by atoms with Crippen molar-refractivity contribution in [3.63, 3.8) is 0 Å². The molecule has 26 heavy (non-hydrogen) atoms. The highest BCUT2D eigenvalue weighted by Gasteiger charge is 2.13. The van der Waals surface area contributed by atoms with Gasteiger partial charge in [0, 0.05) is 10.0 Å². The van der Waals surface area contributed by atoms with Crippen molar-refractivity contribution in [1.82, 2.24) is 25.4 Å². The van der Waals surface area contributed by atoms with Crippen molar-refractivity contribution in [2.45, 2.75) is 10.9 Å². The fourth-order valence-corrected chi connectivity index (χ4v) is 3.35. The maximum atomic E-state index is 6.15. The lowest BCUT2D eigenvalue weighted by Gasteiger charge is -1.96. The van der Waals surface area contributed by atoms with E-state index in [2.05, 4.69) is 41.3 Å². The summed E-state index contributed by atoms with van der Waals surface area (Å²) in [5.74, 6) is 2.06. The third-order valence-electron chi connectivity index (χ3n) is 3.48. The van der Waals surface area contributed by atoms with E-state index in [0.717, 1.165) is 10.0 Å². The molecule has 2 aromatic carbocycles. The molecule has 0 spiro atoms. The number of hydrogen-bond acceptors (Lipinski definition) is 6. The predicted molar refractivity (Wildman–Crippen MR) is 104 cm³/mol. The van der Waals surface area contributed by atoms with Crippen molar-refractivity contribution in [2.75, 3.05) is 0 Å². The molecule has 0 aliphatic carbocycles. The van der Waals surface area contributed by atoms with E-state index in [1.54, 1.807) is 6.07 Å². The van der Waals surface area contributed by atoms with Crippen LogP contribution in [0.25, 0.3) is 22.8 Å². The lowest BCUT2D eigenvalue weighted by atomic mass is 10.2. The van der Waals surface area contributed by atoms with E-state index in [4.69, 9.17) is 16.0 Å². The molecule has 1 N–H and O–H groups in total. The van der Waals surface area contributed by atoms with Gasteiger partial charge in [-0.2, -0.15) is 0 Å². The summed E-state index contributed by atoms with van der Waals surface area (Å²) in [7, 11) is 0. The van der Waals surface area contributed by atoms with E-state index >= 15 is 0 Å². The third-order valence-corrected chi connectivity index (χ3v) is 5.17. The minimum atomic E-state index is 0.400. The SMILES string of the molecule is Clc1ccccc1-c1nnc(CSc2n[nH]c(-c3ccc(Br)cc3)n2)o1. The molecule has 0 aliphatic rings. The fourth-order valence-electron chi connectivity index (χ4n) is 2.23. The quantitative estimate of drug-likeness (QED) is 0.421. The maximum Gasteiger partial charge on any atom is 0.249 e. The summed E-state index contributed by atoms with van der Waals surface area (Å²) in [6.07, 6.45) is 0. The lowest BCUT2D eigenvalue weighted by Crippen LogP contribution is -1.82. The molecule has 2 aromatic heterocycles. The highest BCUT2D eigenvalue weighted by atomic mass is 79.9. The Hall–Kier alpha value is -2.16. The van der Waals surface area contributed by atoms with E-state index < -0.39 is 0 Å². The summed E-state index contributed by atoms with van der Waals surface area (Å²) in [6.45, 7) is 0. The normalized spacial score (nSPS) is 11.0. The summed E-state index contributed by atoms with van der Waals surface area (Å²) in [5.41, 5.74) is 1.68. The number of aromatic amines is 1. The van der Waals surface area contributed by atoms with Crippen molar-refractivity contribution in [3.05, 3.63) is 63.9 Å². The zero-order valence-electron chi connectivity index (χ0n) is 13.2. The molecule has 0 fully saturated rings. The zero-order chi connectivity index (χ0) is 17.9. The molecule has 0 aliphatic heterocycles. The second-order valence-electron chi connectivity index (χ2n) is 5.24.